The smallest absolute Gasteiger partial charge is 0.222 e. The first-order chi connectivity index (χ1) is 8.16. The van der Waals surface area contributed by atoms with E-state index in [4.69, 9.17) is 11.5 Å². The fourth-order valence-corrected chi connectivity index (χ4v) is 1.47. The number of amides is 1. The maximum absolute atomic E-state index is 10.8. The van der Waals surface area contributed by atoms with Crippen molar-refractivity contribution in [3.8, 4) is 11.4 Å². The maximum atomic E-state index is 10.8. The van der Waals surface area contributed by atoms with Crippen LogP contribution in [0.2, 0.25) is 0 Å². The normalized spacial score (nSPS) is 10.1. The van der Waals surface area contributed by atoms with Gasteiger partial charge in [0.05, 0.1) is 6.42 Å². The number of nitrogens with zero attached hydrogens (tertiary/aromatic N) is 2. The molecule has 5 nitrogen and oxygen atoms in total. The van der Waals surface area contributed by atoms with Crippen LogP contribution in [-0.4, -0.2) is 15.9 Å². The third-order valence-corrected chi connectivity index (χ3v) is 2.29. The Morgan fingerprint density at radius 1 is 1.24 bits per heavy atom. The van der Waals surface area contributed by atoms with Gasteiger partial charge < -0.3 is 11.5 Å². The summed E-state index contributed by atoms with van der Waals surface area (Å²) >= 11 is 0. The summed E-state index contributed by atoms with van der Waals surface area (Å²) in [7, 11) is 0. The van der Waals surface area contributed by atoms with Crippen LogP contribution >= 0.6 is 0 Å². The van der Waals surface area contributed by atoms with Gasteiger partial charge >= 0.3 is 0 Å². The van der Waals surface area contributed by atoms with E-state index in [0.717, 1.165) is 5.56 Å². The molecule has 0 saturated carbocycles. The Balaban J connectivity index is 2.34. The molecule has 0 fully saturated rings. The average Bonchev–Trinajstić information content (AvgIpc) is 2.32. The van der Waals surface area contributed by atoms with Crippen LogP contribution in [-0.2, 0) is 11.2 Å². The Hall–Kier alpha value is -2.43. The molecule has 0 spiro atoms. The first-order valence-corrected chi connectivity index (χ1v) is 5.12. The highest BCUT2D eigenvalue weighted by atomic mass is 16.1. The number of benzene rings is 1. The van der Waals surface area contributed by atoms with E-state index >= 15 is 0 Å². The van der Waals surface area contributed by atoms with Crippen LogP contribution in [0.25, 0.3) is 11.4 Å². The summed E-state index contributed by atoms with van der Waals surface area (Å²) < 4.78 is 0. The third kappa shape index (κ3) is 2.57. The summed E-state index contributed by atoms with van der Waals surface area (Å²) in [5, 5.41) is 0. The average molecular weight is 228 g/mol. The quantitative estimate of drug-likeness (QED) is 0.810. The Morgan fingerprint density at radius 3 is 2.53 bits per heavy atom. The van der Waals surface area contributed by atoms with Crippen LogP contribution in [0.1, 0.15) is 5.56 Å². The molecule has 4 N–H and O–H groups in total. The minimum atomic E-state index is -0.451. The highest BCUT2D eigenvalue weighted by molar-refractivity contribution is 5.78. The predicted molar refractivity (Wildman–Crippen MR) is 64.8 cm³/mol. The predicted octanol–water partition coefficient (Wildman–Crippen LogP) is 0.754. The molecule has 86 valence electrons. The Labute approximate surface area is 98.5 Å². The number of nitrogens with two attached hydrogens (primary N) is 2. The highest BCUT2D eigenvalue weighted by Crippen LogP contribution is 2.17. The number of hydrogen-bond donors (Lipinski definition) is 2. The zero-order valence-corrected chi connectivity index (χ0v) is 9.13. The molecule has 0 bridgehead atoms. The second-order valence-electron chi connectivity index (χ2n) is 3.61. The van der Waals surface area contributed by atoms with Crippen molar-refractivity contribution in [2.45, 2.75) is 6.42 Å². The summed E-state index contributed by atoms with van der Waals surface area (Å²) in [6.45, 7) is 0. The van der Waals surface area contributed by atoms with Crippen molar-refractivity contribution >= 4 is 11.7 Å². The molecule has 1 heterocycles. The van der Waals surface area contributed by atoms with Crippen molar-refractivity contribution in [2.24, 2.45) is 5.73 Å². The number of aromatic nitrogens is 2. The van der Waals surface area contributed by atoms with Crippen molar-refractivity contribution in [1.29, 1.82) is 0 Å². The van der Waals surface area contributed by atoms with E-state index < -0.39 is 5.91 Å². The van der Waals surface area contributed by atoms with Crippen LogP contribution in [0, 0.1) is 0 Å². The lowest BCUT2D eigenvalue weighted by Gasteiger charge is -2.05. The van der Waals surface area contributed by atoms with Crippen LogP contribution in [0.4, 0.5) is 5.82 Å². The van der Waals surface area contributed by atoms with Crippen LogP contribution in [0.15, 0.2) is 36.5 Å². The van der Waals surface area contributed by atoms with Gasteiger partial charge in [0.15, 0.2) is 5.82 Å². The molecule has 17 heavy (non-hydrogen) atoms. The second kappa shape index (κ2) is 4.61. The number of rotatable bonds is 3. The summed E-state index contributed by atoms with van der Waals surface area (Å²) in [4.78, 5) is 19.1. The van der Waals surface area contributed by atoms with Gasteiger partial charge in [0, 0.05) is 17.3 Å². The molecule has 0 aliphatic rings. The lowest BCUT2D eigenvalue weighted by atomic mass is 10.2. The lowest BCUT2D eigenvalue weighted by molar-refractivity contribution is -0.117. The van der Waals surface area contributed by atoms with E-state index in [2.05, 4.69) is 9.97 Å². The Bertz CT molecular complexity index is 539. The fourth-order valence-electron chi connectivity index (χ4n) is 1.47. The molecule has 1 aromatic heterocycles. The first kappa shape index (κ1) is 11.1. The van der Waals surface area contributed by atoms with Gasteiger partial charge in [-0.3, -0.25) is 4.79 Å². The van der Waals surface area contributed by atoms with Gasteiger partial charge in [0.2, 0.25) is 5.91 Å². The van der Waals surface area contributed by atoms with E-state index in [1.807, 2.05) is 30.3 Å². The second-order valence-corrected chi connectivity index (χ2v) is 3.61. The van der Waals surface area contributed by atoms with Crippen molar-refractivity contribution < 1.29 is 4.79 Å². The molecule has 2 rings (SSSR count). The number of carbonyl (C=O) groups excluding carboxylic acids is 1. The van der Waals surface area contributed by atoms with Crippen LogP contribution < -0.4 is 11.5 Å². The van der Waals surface area contributed by atoms with Gasteiger partial charge in [-0.25, -0.2) is 9.97 Å². The molecular formula is C12H12N4O. The zero-order valence-electron chi connectivity index (χ0n) is 9.13. The highest BCUT2D eigenvalue weighted by Gasteiger charge is 2.07. The van der Waals surface area contributed by atoms with Gasteiger partial charge in [-0.2, -0.15) is 0 Å². The molecule has 2 aromatic rings. The topological polar surface area (TPSA) is 94.9 Å². The molecule has 0 unspecified atom stereocenters. The number of carbonyl (C=O) groups is 1. The van der Waals surface area contributed by atoms with Gasteiger partial charge in [-0.1, -0.05) is 30.3 Å². The van der Waals surface area contributed by atoms with Crippen molar-refractivity contribution in [3.05, 3.63) is 42.1 Å². The number of anilines is 1. The summed E-state index contributed by atoms with van der Waals surface area (Å²) in [6.07, 6.45) is 1.59. The Kier molecular flexibility index (Phi) is 3.00. The van der Waals surface area contributed by atoms with Crippen molar-refractivity contribution in [3.63, 3.8) is 0 Å². The number of hydrogen-bond acceptors (Lipinski definition) is 4. The molecule has 0 radical (unpaired) electrons. The zero-order chi connectivity index (χ0) is 12.3. The molecule has 5 heteroatoms. The minimum Gasteiger partial charge on any atom is -0.383 e. The molecule has 0 aliphatic heterocycles. The summed E-state index contributed by atoms with van der Waals surface area (Å²) in [6, 6.07) is 9.48. The van der Waals surface area contributed by atoms with Gasteiger partial charge in [-0.15, -0.1) is 0 Å². The van der Waals surface area contributed by atoms with Crippen molar-refractivity contribution in [1.82, 2.24) is 9.97 Å². The van der Waals surface area contributed by atoms with Gasteiger partial charge in [0.25, 0.3) is 0 Å². The molecule has 0 atom stereocenters. The van der Waals surface area contributed by atoms with E-state index in [9.17, 15) is 4.79 Å². The van der Waals surface area contributed by atoms with Crippen molar-refractivity contribution in [2.75, 3.05) is 5.73 Å². The molecule has 0 saturated heterocycles. The SMILES string of the molecule is NC(=O)Cc1cnc(-c2ccccc2)nc1N. The third-order valence-electron chi connectivity index (χ3n) is 2.29. The maximum Gasteiger partial charge on any atom is 0.222 e. The molecular weight excluding hydrogens is 216 g/mol. The van der Waals surface area contributed by atoms with E-state index in [-0.39, 0.29) is 12.2 Å². The lowest BCUT2D eigenvalue weighted by Crippen LogP contribution is -2.15. The summed E-state index contributed by atoms with van der Waals surface area (Å²) in [5.74, 6) is 0.377. The van der Waals surface area contributed by atoms with Crippen LogP contribution in [0.5, 0.6) is 0 Å². The van der Waals surface area contributed by atoms with Gasteiger partial charge in [0.1, 0.15) is 5.82 Å². The van der Waals surface area contributed by atoms with E-state index in [1.165, 1.54) is 6.20 Å². The van der Waals surface area contributed by atoms with E-state index in [1.54, 1.807) is 0 Å². The summed E-state index contributed by atoms with van der Waals surface area (Å²) in [5.41, 5.74) is 12.3. The molecule has 1 aromatic carbocycles. The minimum absolute atomic E-state index is 0.0565. The fraction of sp³-hybridized carbons (Fsp3) is 0.0833. The van der Waals surface area contributed by atoms with Gasteiger partial charge in [-0.05, 0) is 0 Å². The molecule has 0 aliphatic carbocycles. The standard InChI is InChI=1S/C12H12N4O/c13-10(17)6-9-7-15-12(16-11(9)14)8-4-2-1-3-5-8/h1-5,7H,6H2,(H2,13,17)(H2,14,15,16). The molecule has 1 amide bonds. The van der Waals surface area contributed by atoms with E-state index in [0.29, 0.717) is 11.4 Å². The largest absolute Gasteiger partial charge is 0.383 e. The van der Waals surface area contributed by atoms with Crippen LogP contribution in [0.3, 0.4) is 0 Å². The number of nitrogen functional groups attached to an aromatic ring is 1. The monoisotopic (exact) mass is 228 g/mol. The Morgan fingerprint density at radius 2 is 1.94 bits per heavy atom. The number of primary amides is 1. The first-order valence-electron chi connectivity index (χ1n) is 5.12.